The molecule has 0 saturated heterocycles. The van der Waals surface area contributed by atoms with E-state index in [0.717, 1.165) is 17.5 Å². The number of hydrogen-bond donors (Lipinski definition) is 0. The Bertz CT molecular complexity index is 1230. The third kappa shape index (κ3) is 4.28. The summed E-state index contributed by atoms with van der Waals surface area (Å²) in [5, 5.41) is 0.462. The highest BCUT2D eigenvalue weighted by atomic mass is 35.5. The number of hydrogen-bond acceptors (Lipinski definition) is 7. The summed E-state index contributed by atoms with van der Waals surface area (Å²) in [6.45, 7) is 1.09. The number of carbonyl (C=O) groups is 1. The van der Waals surface area contributed by atoms with E-state index >= 15 is 0 Å². The first-order valence-corrected chi connectivity index (χ1v) is 10.5. The van der Waals surface area contributed by atoms with Crippen LogP contribution in [0.3, 0.4) is 0 Å². The Morgan fingerprint density at radius 3 is 2.62 bits per heavy atom. The largest absolute Gasteiger partial charge is 0.493 e. The van der Waals surface area contributed by atoms with E-state index in [1.807, 2.05) is 12.1 Å². The summed E-state index contributed by atoms with van der Waals surface area (Å²) in [6.07, 6.45) is 2.48. The van der Waals surface area contributed by atoms with Gasteiger partial charge in [0.15, 0.2) is 11.5 Å². The molecule has 168 valence electrons. The third-order valence-electron chi connectivity index (χ3n) is 5.74. The number of halogens is 1. The minimum Gasteiger partial charge on any atom is -0.493 e. The lowest BCUT2D eigenvalue weighted by atomic mass is 9.90. The predicted molar refractivity (Wildman–Crippen MR) is 120 cm³/mol. The van der Waals surface area contributed by atoms with Crippen LogP contribution in [-0.2, 0) is 22.5 Å². The number of rotatable bonds is 6. The maximum Gasteiger partial charge on any atom is 0.307 e. The van der Waals surface area contributed by atoms with E-state index in [9.17, 15) is 9.59 Å². The molecule has 1 aliphatic rings. The molecule has 0 bridgehead atoms. The van der Waals surface area contributed by atoms with Gasteiger partial charge in [-0.3, -0.25) is 18.9 Å². The Labute approximate surface area is 190 Å². The van der Waals surface area contributed by atoms with E-state index < -0.39 is 0 Å². The molecule has 4 rings (SSSR count). The monoisotopic (exact) mass is 457 g/mol. The fourth-order valence-corrected chi connectivity index (χ4v) is 4.33. The summed E-state index contributed by atoms with van der Waals surface area (Å²) in [4.78, 5) is 31.6. The standard InChI is InChI=1S/C23H24ClN3O5/c1-30-19-8-14-6-7-26(18(11-23(29)32-3)17(14)10-20(19)31-2)13-16-9-22(28)27-12-15(24)4-5-21(27)25-16/h4-5,8-10,12,18H,6-7,11,13H2,1-3H3/t18-/m0/s1. The Balaban J connectivity index is 1.72. The van der Waals surface area contributed by atoms with Crippen LogP contribution in [0.15, 0.2) is 41.3 Å². The van der Waals surface area contributed by atoms with Gasteiger partial charge in [-0.05, 0) is 41.8 Å². The second-order valence-electron chi connectivity index (χ2n) is 7.58. The molecule has 0 unspecified atom stereocenters. The quantitative estimate of drug-likeness (QED) is 0.526. The molecule has 32 heavy (non-hydrogen) atoms. The molecule has 0 fully saturated rings. The van der Waals surface area contributed by atoms with Crippen LogP contribution in [0.2, 0.25) is 5.02 Å². The molecule has 1 aromatic carbocycles. The normalized spacial score (nSPS) is 15.9. The second-order valence-corrected chi connectivity index (χ2v) is 8.02. The zero-order valence-electron chi connectivity index (χ0n) is 18.1. The molecule has 8 nitrogen and oxygen atoms in total. The minimum absolute atomic E-state index is 0.168. The van der Waals surface area contributed by atoms with Crippen molar-refractivity contribution in [2.75, 3.05) is 27.9 Å². The van der Waals surface area contributed by atoms with Gasteiger partial charge in [-0.15, -0.1) is 0 Å². The molecular formula is C23H24ClN3O5. The molecule has 0 amide bonds. The summed E-state index contributed by atoms with van der Waals surface area (Å²) in [7, 11) is 4.56. The van der Waals surface area contributed by atoms with E-state index in [4.69, 9.17) is 25.8 Å². The zero-order valence-corrected chi connectivity index (χ0v) is 18.9. The molecule has 2 aromatic heterocycles. The first-order valence-electron chi connectivity index (χ1n) is 10.2. The van der Waals surface area contributed by atoms with Gasteiger partial charge in [0.05, 0.1) is 38.5 Å². The van der Waals surface area contributed by atoms with Gasteiger partial charge in [0.25, 0.3) is 5.56 Å². The topological polar surface area (TPSA) is 82.4 Å². The molecule has 3 aromatic rings. The van der Waals surface area contributed by atoms with Crippen molar-refractivity contribution in [3.63, 3.8) is 0 Å². The number of carbonyl (C=O) groups excluding carboxylic acids is 1. The number of methoxy groups -OCH3 is 3. The molecule has 0 saturated carbocycles. The molecule has 0 radical (unpaired) electrons. The fourth-order valence-electron chi connectivity index (χ4n) is 4.16. The smallest absolute Gasteiger partial charge is 0.307 e. The van der Waals surface area contributed by atoms with Crippen LogP contribution >= 0.6 is 11.6 Å². The van der Waals surface area contributed by atoms with E-state index in [-0.39, 0.29) is 24.0 Å². The maximum atomic E-state index is 12.6. The van der Waals surface area contributed by atoms with Crippen LogP contribution in [0.5, 0.6) is 11.5 Å². The van der Waals surface area contributed by atoms with Crippen LogP contribution in [-0.4, -0.2) is 48.1 Å². The second kappa shape index (κ2) is 9.18. The van der Waals surface area contributed by atoms with Gasteiger partial charge in [-0.2, -0.15) is 0 Å². The predicted octanol–water partition coefficient (Wildman–Crippen LogP) is 3.03. The maximum absolute atomic E-state index is 12.6. The van der Waals surface area contributed by atoms with Crippen LogP contribution in [0.4, 0.5) is 0 Å². The number of pyridine rings is 1. The highest BCUT2D eigenvalue weighted by Crippen LogP contribution is 2.40. The summed E-state index contributed by atoms with van der Waals surface area (Å²) >= 11 is 6.00. The molecular weight excluding hydrogens is 434 g/mol. The first kappa shape index (κ1) is 22.1. The van der Waals surface area contributed by atoms with Gasteiger partial charge < -0.3 is 14.2 Å². The van der Waals surface area contributed by atoms with Crippen molar-refractivity contribution in [2.45, 2.75) is 25.4 Å². The van der Waals surface area contributed by atoms with Gasteiger partial charge in [-0.25, -0.2) is 4.98 Å². The number of aromatic nitrogens is 2. The molecule has 1 atom stereocenters. The molecule has 3 heterocycles. The first-order chi connectivity index (χ1) is 15.4. The van der Waals surface area contributed by atoms with Gasteiger partial charge in [0, 0.05) is 31.4 Å². The average Bonchev–Trinajstić information content (AvgIpc) is 2.80. The SMILES string of the molecule is COC(=O)C[C@H]1c2cc(OC)c(OC)cc2CCN1Cc1cc(=O)n2cc(Cl)ccc2n1. The van der Waals surface area contributed by atoms with Gasteiger partial charge in [0.2, 0.25) is 0 Å². The fraction of sp³-hybridized carbons (Fsp3) is 0.348. The Morgan fingerprint density at radius 2 is 1.91 bits per heavy atom. The average molecular weight is 458 g/mol. The number of benzene rings is 1. The Morgan fingerprint density at radius 1 is 1.16 bits per heavy atom. The van der Waals surface area contributed by atoms with E-state index in [1.54, 1.807) is 32.5 Å². The third-order valence-corrected chi connectivity index (χ3v) is 5.97. The number of nitrogens with zero attached hydrogens (tertiary/aromatic N) is 3. The van der Waals surface area contributed by atoms with Crippen molar-refractivity contribution in [3.05, 3.63) is 68.7 Å². The van der Waals surface area contributed by atoms with Crippen molar-refractivity contribution in [2.24, 2.45) is 0 Å². The zero-order chi connectivity index (χ0) is 22.8. The molecule has 0 spiro atoms. The lowest BCUT2D eigenvalue weighted by Gasteiger charge is -2.37. The van der Waals surface area contributed by atoms with Crippen molar-refractivity contribution < 1.29 is 19.0 Å². The highest BCUT2D eigenvalue weighted by Gasteiger charge is 2.31. The molecule has 0 N–H and O–H groups in total. The molecule has 9 heteroatoms. The van der Waals surface area contributed by atoms with Crippen molar-refractivity contribution in [1.29, 1.82) is 0 Å². The Hall–Kier alpha value is -3.10. The number of esters is 1. The number of ether oxygens (including phenoxy) is 3. The van der Waals surface area contributed by atoms with Gasteiger partial charge in [0.1, 0.15) is 5.65 Å². The van der Waals surface area contributed by atoms with Crippen LogP contribution < -0.4 is 15.0 Å². The summed E-state index contributed by atoms with van der Waals surface area (Å²) in [5.74, 6) is 0.935. The summed E-state index contributed by atoms with van der Waals surface area (Å²) in [5.41, 5.74) is 3.00. The van der Waals surface area contributed by atoms with E-state index in [1.165, 1.54) is 17.6 Å². The molecule has 0 aliphatic carbocycles. The lowest BCUT2D eigenvalue weighted by Crippen LogP contribution is -2.37. The summed E-state index contributed by atoms with van der Waals surface area (Å²) in [6, 6.07) is 8.53. The van der Waals surface area contributed by atoms with Crippen LogP contribution in [0.1, 0.15) is 29.3 Å². The minimum atomic E-state index is -0.316. The highest BCUT2D eigenvalue weighted by molar-refractivity contribution is 6.30. The van der Waals surface area contributed by atoms with Gasteiger partial charge >= 0.3 is 5.97 Å². The summed E-state index contributed by atoms with van der Waals surface area (Å²) < 4.78 is 17.3. The lowest BCUT2D eigenvalue weighted by molar-refractivity contribution is -0.142. The van der Waals surface area contributed by atoms with Gasteiger partial charge in [-0.1, -0.05) is 11.6 Å². The van der Waals surface area contributed by atoms with Crippen LogP contribution in [0, 0.1) is 0 Å². The number of fused-ring (bicyclic) bond motifs is 2. The van der Waals surface area contributed by atoms with E-state index in [0.29, 0.717) is 41.0 Å². The Kier molecular flexibility index (Phi) is 6.34. The molecule has 1 aliphatic heterocycles. The van der Waals surface area contributed by atoms with Crippen LogP contribution in [0.25, 0.3) is 5.65 Å². The van der Waals surface area contributed by atoms with E-state index in [2.05, 4.69) is 9.88 Å². The van der Waals surface area contributed by atoms with Crippen molar-refractivity contribution >= 4 is 23.2 Å². The van der Waals surface area contributed by atoms with Crippen molar-refractivity contribution in [3.8, 4) is 11.5 Å². The van der Waals surface area contributed by atoms with Crippen molar-refractivity contribution in [1.82, 2.24) is 14.3 Å².